The highest BCUT2D eigenvalue weighted by molar-refractivity contribution is 6.06. The maximum absolute atomic E-state index is 11.4. The number of pyridine rings is 1. The number of furan rings is 1. The number of carboxylic acids is 1. The Hall–Kier alpha value is -2.30. The molecule has 5 heteroatoms. The summed E-state index contributed by atoms with van der Waals surface area (Å²) in [7, 11) is 0. The van der Waals surface area contributed by atoms with Crippen LogP contribution in [-0.4, -0.2) is 20.7 Å². The van der Waals surface area contributed by atoms with Crippen molar-refractivity contribution in [3.05, 3.63) is 35.3 Å². The van der Waals surface area contributed by atoms with Crippen LogP contribution in [0.3, 0.4) is 0 Å². The van der Waals surface area contributed by atoms with Gasteiger partial charge in [0.25, 0.3) is 0 Å². The van der Waals surface area contributed by atoms with E-state index in [0.29, 0.717) is 23.2 Å². The average molecular weight is 244 g/mol. The Kier molecular flexibility index (Phi) is 2.16. The molecule has 0 aromatic carbocycles. The van der Waals surface area contributed by atoms with E-state index in [4.69, 9.17) is 4.42 Å². The molecule has 0 saturated carbocycles. The number of rotatable bonds is 2. The summed E-state index contributed by atoms with van der Waals surface area (Å²) in [6.07, 6.45) is 2.31. The zero-order valence-electron chi connectivity index (χ0n) is 10.1. The first-order valence-electron chi connectivity index (χ1n) is 5.75. The van der Waals surface area contributed by atoms with Crippen molar-refractivity contribution in [1.82, 2.24) is 9.61 Å². The molecule has 3 aromatic rings. The zero-order valence-corrected chi connectivity index (χ0v) is 10.1. The largest absolute Gasteiger partial charge is 0.478 e. The molecule has 0 amide bonds. The van der Waals surface area contributed by atoms with Gasteiger partial charge in [0.1, 0.15) is 16.9 Å². The van der Waals surface area contributed by atoms with Crippen molar-refractivity contribution >= 4 is 22.5 Å². The summed E-state index contributed by atoms with van der Waals surface area (Å²) in [6.45, 7) is 3.74. The molecule has 0 spiro atoms. The van der Waals surface area contributed by atoms with Gasteiger partial charge in [-0.2, -0.15) is 5.10 Å². The lowest BCUT2D eigenvalue weighted by atomic mass is 10.1. The van der Waals surface area contributed by atoms with E-state index in [2.05, 4.69) is 5.10 Å². The van der Waals surface area contributed by atoms with Crippen LogP contribution in [0.2, 0.25) is 0 Å². The first-order chi connectivity index (χ1) is 8.61. The lowest BCUT2D eigenvalue weighted by Gasteiger charge is -1.96. The van der Waals surface area contributed by atoms with E-state index in [-0.39, 0.29) is 5.56 Å². The van der Waals surface area contributed by atoms with Crippen molar-refractivity contribution in [3.8, 4) is 0 Å². The Morgan fingerprint density at radius 3 is 3.00 bits per heavy atom. The lowest BCUT2D eigenvalue weighted by molar-refractivity contribution is 0.0698. The number of nitrogens with zero attached hydrogens (tertiary/aromatic N) is 2. The summed E-state index contributed by atoms with van der Waals surface area (Å²) in [4.78, 5) is 11.4. The first-order valence-corrected chi connectivity index (χ1v) is 5.75. The number of carbonyl (C=O) groups is 1. The second-order valence-electron chi connectivity index (χ2n) is 4.22. The van der Waals surface area contributed by atoms with Gasteiger partial charge >= 0.3 is 5.97 Å². The van der Waals surface area contributed by atoms with E-state index in [0.717, 1.165) is 11.1 Å². The fourth-order valence-electron chi connectivity index (χ4n) is 2.30. The topological polar surface area (TPSA) is 67.7 Å². The minimum atomic E-state index is -0.951. The first kappa shape index (κ1) is 10.8. The number of fused-ring (bicyclic) bond motifs is 3. The Morgan fingerprint density at radius 1 is 1.56 bits per heavy atom. The van der Waals surface area contributed by atoms with Gasteiger partial charge in [-0.1, -0.05) is 6.92 Å². The van der Waals surface area contributed by atoms with E-state index in [1.54, 1.807) is 16.8 Å². The molecule has 0 atom stereocenters. The molecule has 0 saturated heterocycles. The molecule has 1 N–H and O–H groups in total. The van der Waals surface area contributed by atoms with Gasteiger partial charge in [0.05, 0.1) is 11.2 Å². The summed E-state index contributed by atoms with van der Waals surface area (Å²) in [5, 5.41) is 14.5. The van der Waals surface area contributed by atoms with Crippen molar-refractivity contribution in [2.24, 2.45) is 0 Å². The van der Waals surface area contributed by atoms with Crippen molar-refractivity contribution in [1.29, 1.82) is 0 Å². The highest BCUT2D eigenvalue weighted by Gasteiger charge is 2.20. The molecule has 0 fully saturated rings. The van der Waals surface area contributed by atoms with Crippen LogP contribution in [0.4, 0.5) is 0 Å². The predicted octanol–water partition coefficient (Wildman–Crippen LogP) is 2.65. The highest BCUT2D eigenvalue weighted by Crippen LogP contribution is 2.28. The Balaban J connectivity index is 2.54. The van der Waals surface area contributed by atoms with Crippen LogP contribution >= 0.6 is 0 Å². The number of aromatic carboxylic acids is 1. The Bertz CT molecular complexity index is 767. The maximum Gasteiger partial charge on any atom is 0.339 e. The summed E-state index contributed by atoms with van der Waals surface area (Å²) in [5.41, 5.74) is 2.15. The Labute approximate surface area is 103 Å². The molecule has 5 nitrogen and oxygen atoms in total. The van der Waals surface area contributed by atoms with Gasteiger partial charge in [0, 0.05) is 11.6 Å². The lowest BCUT2D eigenvalue weighted by Crippen LogP contribution is -1.99. The minimum Gasteiger partial charge on any atom is -0.478 e. The molecule has 0 aliphatic heterocycles. The molecule has 18 heavy (non-hydrogen) atoms. The zero-order chi connectivity index (χ0) is 12.9. The van der Waals surface area contributed by atoms with Crippen molar-refractivity contribution in [2.45, 2.75) is 20.3 Å². The number of aryl methyl sites for hydroxylation is 2. The summed E-state index contributed by atoms with van der Waals surface area (Å²) < 4.78 is 7.13. The number of hydrogen-bond acceptors (Lipinski definition) is 3. The smallest absolute Gasteiger partial charge is 0.339 e. The van der Waals surface area contributed by atoms with E-state index < -0.39 is 5.97 Å². The van der Waals surface area contributed by atoms with Crippen LogP contribution in [0, 0.1) is 6.92 Å². The number of hydrogen-bond donors (Lipinski definition) is 1. The molecule has 3 heterocycles. The third-order valence-corrected chi connectivity index (χ3v) is 3.04. The van der Waals surface area contributed by atoms with Crippen molar-refractivity contribution in [2.75, 3.05) is 0 Å². The number of aromatic nitrogens is 2. The van der Waals surface area contributed by atoms with Gasteiger partial charge in [-0.15, -0.1) is 0 Å². The average Bonchev–Trinajstić information content (AvgIpc) is 2.86. The second-order valence-corrected chi connectivity index (χ2v) is 4.22. The van der Waals surface area contributed by atoms with Gasteiger partial charge in [0.15, 0.2) is 0 Å². The molecule has 0 aliphatic carbocycles. The molecule has 0 radical (unpaired) electrons. The summed E-state index contributed by atoms with van der Waals surface area (Å²) >= 11 is 0. The summed E-state index contributed by atoms with van der Waals surface area (Å²) in [6, 6.07) is 3.64. The third kappa shape index (κ3) is 1.33. The normalized spacial score (nSPS) is 11.4. The van der Waals surface area contributed by atoms with Crippen LogP contribution in [0.1, 0.15) is 28.7 Å². The second kappa shape index (κ2) is 3.60. The SMILES string of the molecule is CCc1nn2ccc3oc(C)cc3c2c1C(=O)O. The van der Waals surface area contributed by atoms with Crippen LogP contribution in [0.15, 0.2) is 22.7 Å². The minimum absolute atomic E-state index is 0.268. The van der Waals surface area contributed by atoms with Gasteiger partial charge in [-0.3, -0.25) is 0 Å². The predicted molar refractivity (Wildman–Crippen MR) is 66.0 cm³/mol. The van der Waals surface area contributed by atoms with Crippen LogP contribution in [0.5, 0.6) is 0 Å². The van der Waals surface area contributed by atoms with Crippen molar-refractivity contribution in [3.63, 3.8) is 0 Å². The van der Waals surface area contributed by atoms with E-state index >= 15 is 0 Å². The quantitative estimate of drug-likeness (QED) is 0.752. The molecule has 0 bridgehead atoms. The summed E-state index contributed by atoms with van der Waals surface area (Å²) in [5.74, 6) is -0.193. The van der Waals surface area contributed by atoms with Crippen molar-refractivity contribution < 1.29 is 14.3 Å². The standard InChI is InChI=1S/C13H12N2O3/c1-3-9-11(13(16)17)12-8-6-7(2)18-10(8)4-5-15(12)14-9/h4-6H,3H2,1-2H3,(H,16,17). The molecule has 3 aromatic heterocycles. The van der Waals surface area contributed by atoms with Crippen LogP contribution in [0.25, 0.3) is 16.5 Å². The molecular formula is C13H12N2O3. The van der Waals surface area contributed by atoms with Gasteiger partial charge in [-0.05, 0) is 25.5 Å². The fraction of sp³-hybridized carbons (Fsp3) is 0.231. The highest BCUT2D eigenvalue weighted by atomic mass is 16.4. The van der Waals surface area contributed by atoms with Crippen LogP contribution < -0.4 is 0 Å². The van der Waals surface area contributed by atoms with Crippen LogP contribution in [-0.2, 0) is 6.42 Å². The Morgan fingerprint density at radius 2 is 2.33 bits per heavy atom. The van der Waals surface area contributed by atoms with Gasteiger partial charge < -0.3 is 9.52 Å². The number of carboxylic acid groups (broad SMARTS) is 1. The van der Waals surface area contributed by atoms with E-state index in [1.807, 2.05) is 19.9 Å². The van der Waals surface area contributed by atoms with E-state index in [1.165, 1.54) is 0 Å². The molecular weight excluding hydrogens is 232 g/mol. The maximum atomic E-state index is 11.4. The van der Waals surface area contributed by atoms with Gasteiger partial charge in [0.2, 0.25) is 0 Å². The fourth-order valence-corrected chi connectivity index (χ4v) is 2.30. The monoisotopic (exact) mass is 244 g/mol. The molecule has 0 aliphatic rings. The van der Waals surface area contributed by atoms with Gasteiger partial charge in [-0.25, -0.2) is 9.31 Å². The van der Waals surface area contributed by atoms with E-state index in [9.17, 15) is 9.90 Å². The molecule has 92 valence electrons. The molecule has 0 unspecified atom stereocenters. The third-order valence-electron chi connectivity index (χ3n) is 3.04. The molecule has 3 rings (SSSR count).